The summed E-state index contributed by atoms with van der Waals surface area (Å²) in [5.41, 5.74) is 0.283. The number of benzene rings is 2. The smallest absolute Gasteiger partial charge is 0.236 e. The standard InChI is InChI=1S/C25H25ClN2O7S/c1-14-11-16(27-15-5-7-17(8-6-15)28-9-4-10-36(28,31)32)12-20(29)25(14)24(30)21-18(33-2)13-19(34-3)22(26)23(21)35-25/h5-8,12-14,27H,4,9-11H2,1-3H3/t14-,25+/m1/s1. The molecule has 2 aromatic carbocycles. The van der Waals surface area contributed by atoms with Crippen molar-refractivity contribution < 1.29 is 32.2 Å². The zero-order valence-electron chi connectivity index (χ0n) is 20.0. The van der Waals surface area contributed by atoms with Crippen LogP contribution in [0.3, 0.4) is 0 Å². The van der Waals surface area contributed by atoms with Crippen LogP contribution in [0.15, 0.2) is 42.1 Å². The van der Waals surface area contributed by atoms with Crippen LogP contribution in [-0.4, -0.2) is 52.1 Å². The number of hydrogen-bond donors (Lipinski definition) is 1. The number of ketones is 2. The number of carbonyl (C=O) groups is 2. The Morgan fingerprint density at radius 1 is 1.14 bits per heavy atom. The summed E-state index contributed by atoms with van der Waals surface area (Å²) in [6, 6.07) is 8.47. The molecule has 1 spiro atoms. The van der Waals surface area contributed by atoms with Gasteiger partial charge in [0.15, 0.2) is 5.75 Å². The fourth-order valence-corrected chi connectivity index (χ4v) is 6.87. The van der Waals surface area contributed by atoms with Crippen LogP contribution in [0.5, 0.6) is 17.2 Å². The second kappa shape index (κ2) is 8.70. The van der Waals surface area contributed by atoms with Gasteiger partial charge >= 0.3 is 0 Å². The summed E-state index contributed by atoms with van der Waals surface area (Å²) in [5.74, 6) is -0.786. The molecule has 5 rings (SSSR count). The van der Waals surface area contributed by atoms with Gasteiger partial charge in [-0.1, -0.05) is 18.5 Å². The molecule has 0 saturated carbocycles. The number of carbonyl (C=O) groups excluding carboxylic acids is 2. The van der Waals surface area contributed by atoms with E-state index in [1.54, 1.807) is 31.2 Å². The van der Waals surface area contributed by atoms with Crippen LogP contribution >= 0.6 is 11.6 Å². The van der Waals surface area contributed by atoms with E-state index in [0.29, 0.717) is 36.5 Å². The molecular formula is C25H25ClN2O7S. The van der Waals surface area contributed by atoms with Crippen molar-refractivity contribution in [1.29, 1.82) is 0 Å². The molecular weight excluding hydrogens is 508 g/mol. The SMILES string of the molecule is COc1cc(OC)c2c(c1Cl)O[C@@]1(C(=O)C=C(Nc3ccc(N4CCCS4(=O)=O)cc3)C[C@H]1C)C2=O. The van der Waals surface area contributed by atoms with Crippen LogP contribution in [-0.2, 0) is 14.8 Å². The first kappa shape index (κ1) is 24.5. The molecule has 2 aromatic rings. The average molecular weight is 533 g/mol. The molecule has 2 atom stereocenters. The monoisotopic (exact) mass is 532 g/mol. The number of nitrogens with one attached hydrogen (secondary N) is 1. The predicted molar refractivity (Wildman–Crippen MR) is 135 cm³/mol. The Balaban J connectivity index is 1.41. The Hall–Kier alpha value is -3.24. The molecule has 0 amide bonds. The van der Waals surface area contributed by atoms with Crippen LogP contribution in [0.2, 0.25) is 5.02 Å². The molecule has 1 aliphatic carbocycles. The fourth-order valence-electron chi connectivity index (χ4n) is 5.04. The van der Waals surface area contributed by atoms with Crippen LogP contribution in [0.25, 0.3) is 0 Å². The summed E-state index contributed by atoms with van der Waals surface area (Å²) in [4.78, 5) is 27.0. The number of sulfonamides is 1. The molecule has 0 radical (unpaired) electrons. The predicted octanol–water partition coefficient (Wildman–Crippen LogP) is 3.82. The minimum absolute atomic E-state index is 0.0790. The van der Waals surface area contributed by atoms with E-state index in [0.717, 1.165) is 0 Å². The van der Waals surface area contributed by atoms with Gasteiger partial charge in [0.25, 0.3) is 0 Å². The summed E-state index contributed by atoms with van der Waals surface area (Å²) in [5, 5.41) is 3.31. The number of anilines is 2. The molecule has 2 heterocycles. The number of nitrogens with zero attached hydrogens (tertiary/aromatic N) is 1. The maximum atomic E-state index is 13.6. The molecule has 9 nitrogen and oxygen atoms in total. The maximum absolute atomic E-state index is 13.6. The molecule has 0 aromatic heterocycles. The Morgan fingerprint density at radius 3 is 2.42 bits per heavy atom. The molecule has 0 unspecified atom stereocenters. The van der Waals surface area contributed by atoms with E-state index >= 15 is 0 Å². The Kier molecular flexibility index (Phi) is 5.91. The highest BCUT2D eigenvalue weighted by atomic mass is 35.5. The Labute approximate surface area is 214 Å². The van der Waals surface area contributed by atoms with Crippen molar-refractivity contribution in [3.8, 4) is 17.2 Å². The average Bonchev–Trinajstić information content (AvgIpc) is 3.36. The van der Waals surface area contributed by atoms with Gasteiger partial charge < -0.3 is 19.5 Å². The lowest BCUT2D eigenvalue weighted by Gasteiger charge is -2.35. The van der Waals surface area contributed by atoms with E-state index in [2.05, 4.69) is 5.32 Å². The number of allylic oxidation sites excluding steroid dienone is 1. The number of methoxy groups -OCH3 is 2. The van der Waals surface area contributed by atoms with Crippen molar-refractivity contribution in [2.24, 2.45) is 5.92 Å². The number of ether oxygens (including phenoxy) is 3. The topological polar surface area (TPSA) is 111 Å². The largest absolute Gasteiger partial charge is 0.496 e. The molecule has 0 bridgehead atoms. The van der Waals surface area contributed by atoms with Gasteiger partial charge in [0.2, 0.25) is 27.2 Å². The van der Waals surface area contributed by atoms with Crippen molar-refractivity contribution >= 4 is 44.6 Å². The van der Waals surface area contributed by atoms with Crippen molar-refractivity contribution in [2.45, 2.75) is 25.4 Å². The molecule has 1 saturated heterocycles. The first-order valence-electron chi connectivity index (χ1n) is 11.4. The summed E-state index contributed by atoms with van der Waals surface area (Å²) in [6.45, 7) is 2.24. The van der Waals surface area contributed by atoms with Gasteiger partial charge in [0.05, 0.1) is 25.7 Å². The first-order valence-corrected chi connectivity index (χ1v) is 13.4. The molecule has 1 N–H and O–H groups in total. The number of rotatable bonds is 5. The van der Waals surface area contributed by atoms with Gasteiger partial charge in [-0.25, -0.2) is 8.42 Å². The summed E-state index contributed by atoms with van der Waals surface area (Å²) in [6.07, 6.45) is 2.33. The van der Waals surface area contributed by atoms with Gasteiger partial charge in [-0.3, -0.25) is 13.9 Å². The first-order chi connectivity index (χ1) is 17.1. The van der Waals surface area contributed by atoms with E-state index in [4.69, 9.17) is 25.8 Å². The van der Waals surface area contributed by atoms with Crippen molar-refractivity contribution in [2.75, 3.05) is 36.1 Å². The summed E-state index contributed by atoms with van der Waals surface area (Å²) in [7, 11) is -0.411. The van der Waals surface area contributed by atoms with Crippen LogP contribution in [0.1, 0.15) is 30.1 Å². The zero-order valence-corrected chi connectivity index (χ0v) is 21.5. The number of hydrogen-bond acceptors (Lipinski definition) is 8. The lowest BCUT2D eigenvalue weighted by atomic mass is 9.74. The number of halogens is 1. The second-order valence-corrected chi connectivity index (χ2v) is 11.4. The van der Waals surface area contributed by atoms with Gasteiger partial charge in [-0.2, -0.15) is 0 Å². The van der Waals surface area contributed by atoms with E-state index in [1.807, 2.05) is 0 Å². The third-order valence-corrected chi connectivity index (χ3v) is 9.10. The van der Waals surface area contributed by atoms with Crippen molar-refractivity contribution in [3.05, 3.63) is 52.7 Å². The van der Waals surface area contributed by atoms with Gasteiger partial charge in [-0.05, 0) is 37.1 Å². The van der Waals surface area contributed by atoms with E-state index in [9.17, 15) is 18.0 Å². The summed E-state index contributed by atoms with van der Waals surface area (Å²) < 4.78 is 42.4. The number of fused-ring (bicyclic) bond motifs is 1. The fraction of sp³-hybridized carbons (Fsp3) is 0.360. The molecule has 36 heavy (non-hydrogen) atoms. The van der Waals surface area contributed by atoms with Crippen molar-refractivity contribution in [1.82, 2.24) is 0 Å². The molecule has 1 fully saturated rings. The normalized spacial score (nSPS) is 24.4. The number of Topliss-reactive ketones (excluding diaryl/α,β-unsaturated/α-hetero) is 1. The minimum atomic E-state index is -3.26. The maximum Gasteiger partial charge on any atom is 0.236 e. The molecule has 3 aliphatic rings. The Morgan fingerprint density at radius 2 is 1.83 bits per heavy atom. The van der Waals surface area contributed by atoms with Crippen molar-refractivity contribution in [3.63, 3.8) is 0 Å². The highest BCUT2D eigenvalue weighted by Gasteiger charge is 2.60. The van der Waals surface area contributed by atoms with E-state index < -0.39 is 33.1 Å². The molecule has 190 valence electrons. The van der Waals surface area contributed by atoms with Crippen LogP contribution in [0, 0.1) is 5.92 Å². The third kappa shape index (κ3) is 3.62. The molecule has 2 aliphatic heterocycles. The van der Waals surface area contributed by atoms with Gasteiger partial charge in [0.1, 0.15) is 22.1 Å². The lowest BCUT2D eigenvalue weighted by Crippen LogP contribution is -2.55. The Bertz CT molecular complexity index is 1400. The zero-order chi connectivity index (χ0) is 25.8. The third-order valence-electron chi connectivity index (χ3n) is 6.87. The van der Waals surface area contributed by atoms with E-state index in [1.165, 1.54) is 30.7 Å². The van der Waals surface area contributed by atoms with Crippen LogP contribution in [0.4, 0.5) is 11.4 Å². The van der Waals surface area contributed by atoms with Crippen LogP contribution < -0.4 is 23.8 Å². The highest BCUT2D eigenvalue weighted by Crippen LogP contribution is 2.53. The van der Waals surface area contributed by atoms with E-state index in [-0.39, 0.29) is 33.6 Å². The lowest BCUT2D eigenvalue weighted by molar-refractivity contribution is -0.129. The highest BCUT2D eigenvalue weighted by molar-refractivity contribution is 7.93. The van der Waals surface area contributed by atoms with Gasteiger partial charge in [0, 0.05) is 36.0 Å². The minimum Gasteiger partial charge on any atom is -0.496 e. The quantitative estimate of drug-likeness (QED) is 0.579. The molecule has 11 heteroatoms. The second-order valence-electron chi connectivity index (χ2n) is 9.02. The van der Waals surface area contributed by atoms with Gasteiger partial charge in [-0.15, -0.1) is 0 Å². The summed E-state index contributed by atoms with van der Waals surface area (Å²) >= 11 is 6.42.